The maximum absolute atomic E-state index is 6.20. The lowest BCUT2D eigenvalue weighted by Crippen LogP contribution is -2.47. The van der Waals surface area contributed by atoms with E-state index in [4.69, 9.17) is 9.47 Å². The van der Waals surface area contributed by atoms with Gasteiger partial charge in [-0.1, -0.05) is 0 Å². The van der Waals surface area contributed by atoms with Crippen molar-refractivity contribution >= 4 is 0 Å². The molecule has 0 aromatic carbocycles. The first kappa shape index (κ1) is 15.5. The Bertz CT molecular complexity index is 677. The summed E-state index contributed by atoms with van der Waals surface area (Å²) < 4.78 is 13.9. The van der Waals surface area contributed by atoms with Crippen LogP contribution in [0.25, 0.3) is 0 Å². The van der Waals surface area contributed by atoms with Crippen molar-refractivity contribution in [3.63, 3.8) is 0 Å². The lowest BCUT2D eigenvalue weighted by atomic mass is 9.89. The molecule has 4 rings (SSSR count). The second-order valence-electron chi connectivity index (χ2n) is 6.81. The molecule has 4 heterocycles. The minimum Gasteiger partial charge on any atom is -0.458 e. The number of piperidine rings is 1. The molecule has 0 amide bonds. The minimum atomic E-state index is -0.0973. The Hall–Kier alpha value is -1.99. The summed E-state index contributed by atoms with van der Waals surface area (Å²) >= 11 is 0. The number of ether oxygens (including phenoxy) is 2. The van der Waals surface area contributed by atoms with Crippen LogP contribution in [0.4, 0.5) is 0 Å². The highest BCUT2D eigenvalue weighted by Crippen LogP contribution is 2.36. The van der Waals surface area contributed by atoms with Crippen LogP contribution >= 0.6 is 0 Å². The van der Waals surface area contributed by atoms with Crippen molar-refractivity contribution in [2.75, 3.05) is 19.7 Å². The van der Waals surface area contributed by atoms with E-state index < -0.39 is 0 Å². The summed E-state index contributed by atoms with van der Waals surface area (Å²) in [5, 5.41) is 4.25. The fourth-order valence-corrected chi connectivity index (χ4v) is 3.80. The fourth-order valence-electron chi connectivity index (χ4n) is 3.80. The van der Waals surface area contributed by atoms with Crippen molar-refractivity contribution in [3.05, 3.63) is 36.4 Å². The Balaban J connectivity index is 1.36. The van der Waals surface area contributed by atoms with Gasteiger partial charge in [0.05, 0.1) is 18.4 Å². The molecule has 2 aliphatic rings. The van der Waals surface area contributed by atoms with Gasteiger partial charge in [0.2, 0.25) is 0 Å². The number of likely N-dealkylation sites (tertiary alicyclic amines) is 1. The van der Waals surface area contributed by atoms with Gasteiger partial charge < -0.3 is 9.47 Å². The van der Waals surface area contributed by atoms with Gasteiger partial charge in [0.25, 0.3) is 0 Å². The Morgan fingerprint density at radius 2 is 2.25 bits per heavy atom. The van der Waals surface area contributed by atoms with Gasteiger partial charge in [-0.2, -0.15) is 5.10 Å². The van der Waals surface area contributed by atoms with E-state index in [2.05, 4.69) is 26.2 Å². The normalized spacial score (nSPS) is 27.6. The molecule has 7 heteroatoms. The summed E-state index contributed by atoms with van der Waals surface area (Å²) in [6.07, 6.45) is 10.6. The minimum absolute atomic E-state index is 0.0331. The molecular formula is C17H23N5O2. The van der Waals surface area contributed by atoms with Crippen LogP contribution in [0, 0.1) is 0 Å². The SMILES string of the molecule is Cn1cc(CN2CCCC3(CC(Oc4ncccn4)CO3)C2)cn1. The highest BCUT2D eigenvalue weighted by atomic mass is 16.6. The Kier molecular flexibility index (Phi) is 4.20. The molecule has 24 heavy (non-hydrogen) atoms. The van der Waals surface area contributed by atoms with E-state index in [1.807, 2.05) is 17.9 Å². The number of rotatable bonds is 4. The van der Waals surface area contributed by atoms with Crippen LogP contribution in [0.15, 0.2) is 30.9 Å². The summed E-state index contributed by atoms with van der Waals surface area (Å²) in [6, 6.07) is 2.22. The van der Waals surface area contributed by atoms with Crippen LogP contribution in [0.5, 0.6) is 6.01 Å². The molecule has 7 nitrogen and oxygen atoms in total. The molecule has 2 unspecified atom stereocenters. The smallest absolute Gasteiger partial charge is 0.316 e. The highest BCUT2D eigenvalue weighted by Gasteiger charge is 2.44. The number of nitrogens with zero attached hydrogens (tertiary/aromatic N) is 5. The molecule has 2 aromatic rings. The lowest BCUT2D eigenvalue weighted by molar-refractivity contribution is -0.0538. The van der Waals surface area contributed by atoms with Crippen molar-refractivity contribution in [1.82, 2.24) is 24.6 Å². The maximum Gasteiger partial charge on any atom is 0.316 e. The molecule has 2 aromatic heterocycles. The van der Waals surface area contributed by atoms with Crippen molar-refractivity contribution in [3.8, 4) is 6.01 Å². The number of hydrogen-bond acceptors (Lipinski definition) is 6. The lowest BCUT2D eigenvalue weighted by Gasteiger charge is -2.39. The van der Waals surface area contributed by atoms with Crippen LogP contribution in [-0.4, -0.2) is 56.0 Å². The molecule has 128 valence electrons. The monoisotopic (exact) mass is 329 g/mol. The first-order valence-electron chi connectivity index (χ1n) is 8.48. The molecule has 2 aliphatic heterocycles. The maximum atomic E-state index is 6.20. The van der Waals surface area contributed by atoms with Crippen molar-refractivity contribution < 1.29 is 9.47 Å². The second-order valence-corrected chi connectivity index (χ2v) is 6.81. The van der Waals surface area contributed by atoms with Crippen molar-refractivity contribution in [1.29, 1.82) is 0 Å². The topological polar surface area (TPSA) is 65.3 Å². The fraction of sp³-hybridized carbons (Fsp3) is 0.588. The molecule has 0 bridgehead atoms. The zero-order chi connectivity index (χ0) is 16.4. The van der Waals surface area contributed by atoms with E-state index in [1.54, 1.807) is 18.5 Å². The summed E-state index contributed by atoms with van der Waals surface area (Å²) in [4.78, 5) is 10.7. The molecular weight excluding hydrogens is 306 g/mol. The van der Waals surface area contributed by atoms with Crippen molar-refractivity contribution in [2.45, 2.75) is 37.5 Å². The van der Waals surface area contributed by atoms with E-state index in [9.17, 15) is 0 Å². The Morgan fingerprint density at radius 3 is 3.04 bits per heavy atom. The predicted octanol–water partition coefficient (Wildman–Crippen LogP) is 1.41. The van der Waals surface area contributed by atoms with Crippen LogP contribution < -0.4 is 4.74 Å². The van der Waals surface area contributed by atoms with Gasteiger partial charge in [0.1, 0.15) is 6.10 Å². The summed E-state index contributed by atoms with van der Waals surface area (Å²) in [6.45, 7) is 3.58. The van der Waals surface area contributed by atoms with Gasteiger partial charge in [-0.15, -0.1) is 0 Å². The first-order chi connectivity index (χ1) is 11.7. The van der Waals surface area contributed by atoms with Gasteiger partial charge in [0.15, 0.2) is 0 Å². The molecule has 0 saturated carbocycles. The zero-order valence-electron chi connectivity index (χ0n) is 14.0. The van der Waals surface area contributed by atoms with Gasteiger partial charge in [0, 0.05) is 50.7 Å². The number of aryl methyl sites for hydroxylation is 1. The molecule has 0 N–H and O–H groups in total. The Labute approximate surface area is 141 Å². The molecule has 0 aliphatic carbocycles. The van der Waals surface area contributed by atoms with Crippen LogP contribution in [0.1, 0.15) is 24.8 Å². The third-order valence-electron chi connectivity index (χ3n) is 4.77. The first-order valence-corrected chi connectivity index (χ1v) is 8.48. The third kappa shape index (κ3) is 3.42. The van der Waals surface area contributed by atoms with E-state index in [1.165, 1.54) is 5.56 Å². The summed E-state index contributed by atoms with van der Waals surface area (Å²) in [7, 11) is 1.95. The number of aromatic nitrogens is 4. The van der Waals surface area contributed by atoms with Crippen LogP contribution in [-0.2, 0) is 18.3 Å². The highest BCUT2D eigenvalue weighted by molar-refractivity contribution is 5.05. The molecule has 2 fully saturated rings. The van der Waals surface area contributed by atoms with E-state index in [0.717, 1.165) is 38.9 Å². The van der Waals surface area contributed by atoms with Crippen LogP contribution in [0.2, 0.25) is 0 Å². The zero-order valence-corrected chi connectivity index (χ0v) is 14.0. The largest absolute Gasteiger partial charge is 0.458 e. The van der Waals surface area contributed by atoms with Crippen molar-refractivity contribution in [2.24, 2.45) is 7.05 Å². The average molecular weight is 329 g/mol. The predicted molar refractivity (Wildman–Crippen MR) is 87.5 cm³/mol. The molecule has 2 saturated heterocycles. The van der Waals surface area contributed by atoms with E-state index >= 15 is 0 Å². The standard InChI is InChI=1S/C17H23N5O2/c1-21-10-14(9-20-21)11-22-7-2-4-17(13-22)8-15(12-23-17)24-16-18-5-3-6-19-16/h3,5-6,9-10,15H,2,4,7-8,11-13H2,1H3. The van der Waals surface area contributed by atoms with Crippen LogP contribution in [0.3, 0.4) is 0 Å². The average Bonchev–Trinajstić information content (AvgIpc) is 3.15. The van der Waals surface area contributed by atoms with Gasteiger partial charge in [-0.25, -0.2) is 9.97 Å². The van der Waals surface area contributed by atoms with Gasteiger partial charge >= 0.3 is 6.01 Å². The van der Waals surface area contributed by atoms with Gasteiger partial charge in [-0.3, -0.25) is 9.58 Å². The molecule has 0 radical (unpaired) electrons. The number of hydrogen-bond donors (Lipinski definition) is 0. The Morgan fingerprint density at radius 1 is 1.38 bits per heavy atom. The van der Waals surface area contributed by atoms with E-state index in [0.29, 0.717) is 12.6 Å². The third-order valence-corrected chi connectivity index (χ3v) is 4.77. The van der Waals surface area contributed by atoms with Gasteiger partial charge in [-0.05, 0) is 25.5 Å². The summed E-state index contributed by atoms with van der Waals surface area (Å²) in [5.41, 5.74) is 1.15. The molecule has 1 spiro atoms. The second kappa shape index (κ2) is 6.49. The quantitative estimate of drug-likeness (QED) is 0.845. The summed E-state index contributed by atoms with van der Waals surface area (Å²) in [5.74, 6) is 0. The van der Waals surface area contributed by atoms with E-state index in [-0.39, 0.29) is 11.7 Å². The molecule has 2 atom stereocenters.